The molecule has 0 spiro atoms. The second-order valence-corrected chi connectivity index (χ2v) is 5.78. The van der Waals surface area contributed by atoms with Crippen molar-refractivity contribution in [1.29, 1.82) is 0 Å². The second-order valence-electron chi connectivity index (χ2n) is 4.93. The van der Waals surface area contributed by atoms with Crippen LogP contribution < -0.4 is 5.32 Å². The molecule has 1 aromatic carbocycles. The molecule has 1 atom stereocenters. The van der Waals surface area contributed by atoms with Gasteiger partial charge in [-0.15, -0.1) is 0 Å². The first kappa shape index (κ1) is 14.3. The number of amides is 2. The summed E-state index contributed by atoms with van der Waals surface area (Å²) >= 11 is 3.45. The average molecular weight is 327 g/mol. The van der Waals surface area contributed by atoms with Crippen molar-refractivity contribution in [1.82, 2.24) is 4.90 Å². The van der Waals surface area contributed by atoms with Gasteiger partial charge in [-0.05, 0) is 53.4 Å². The number of aryl methyl sites for hydroxylation is 1. The summed E-state index contributed by atoms with van der Waals surface area (Å²) < 4.78 is 6.43. The Hall–Kier alpha value is -1.07. The molecule has 1 aliphatic rings. The van der Waals surface area contributed by atoms with Gasteiger partial charge in [0.2, 0.25) is 0 Å². The van der Waals surface area contributed by atoms with E-state index in [0.717, 1.165) is 35.2 Å². The molecule has 0 saturated carbocycles. The smallest absolute Gasteiger partial charge is 0.321 e. The zero-order valence-corrected chi connectivity index (χ0v) is 12.9. The summed E-state index contributed by atoms with van der Waals surface area (Å²) in [5.41, 5.74) is 1.94. The SMILES string of the molecule is Cc1ccc(NC(=O)N(C)C[C@@H]2CCCO2)c(Br)c1. The van der Waals surface area contributed by atoms with E-state index < -0.39 is 0 Å². The third kappa shape index (κ3) is 3.94. The number of carbonyl (C=O) groups excluding carboxylic acids is 1. The number of hydrogen-bond acceptors (Lipinski definition) is 2. The number of likely N-dealkylation sites (N-methyl/N-ethyl adjacent to an activating group) is 1. The lowest BCUT2D eigenvalue weighted by Gasteiger charge is -2.21. The largest absolute Gasteiger partial charge is 0.376 e. The number of halogens is 1. The minimum absolute atomic E-state index is 0.111. The number of rotatable bonds is 3. The van der Waals surface area contributed by atoms with Gasteiger partial charge in [-0.2, -0.15) is 0 Å². The number of carbonyl (C=O) groups is 1. The van der Waals surface area contributed by atoms with E-state index in [1.807, 2.05) is 25.1 Å². The van der Waals surface area contributed by atoms with Crippen molar-refractivity contribution in [3.8, 4) is 0 Å². The average Bonchev–Trinajstić information content (AvgIpc) is 2.85. The van der Waals surface area contributed by atoms with Crippen LogP contribution in [0.2, 0.25) is 0 Å². The van der Waals surface area contributed by atoms with E-state index in [2.05, 4.69) is 21.2 Å². The quantitative estimate of drug-likeness (QED) is 0.924. The van der Waals surface area contributed by atoms with Crippen molar-refractivity contribution in [2.75, 3.05) is 25.5 Å². The molecule has 0 aliphatic carbocycles. The van der Waals surface area contributed by atoms with Gasteiger partial charge in [0.05, 0.1) is 11.8 Å². The van der Waals surface area contributed by atoms with Gasteiger partial charge in [0, 0.05) is 24.7 Å². The molecule has 1 N–H and O–H groups in total. The summed E-state index contributed by atoms with van der Waals surface area (Å²) in [5, 5.41) is 2.90. The lowest BCUT2D eigenvalue weighted by Crippen LogP contribution is -2.37. The number of nitrogens with zero attached hydrogens (tertiary/aromatic N) is 1. The zero-order chi connectivity index (χ0) is 13.8. The van der Waals surface area contributed by atoms with Crippen LogP contribution in [0.5, 0.6) is 0 Å². The molecule has 4 nitrogen and oxygen atoms in total. The Morgan fingerprint density at radius 1 is 1.58 bits per heavy atom. The third-order valence-corrected chi connectivity index (χ3v) is 3.87. The zero-order valence-electron chi connectivity index (χ0n) is 11.3. The summed E-state index contributed by atoms with van der Waals surface area (Å²) in [6.07, 6.45) is 2.30. The lowest BCUT2D eigenvalue weighted by atomic mass is 10.2. The van der Waals surface area contributed by atoms with Crippen LogP contribution in [0.4, 0.5) is 10.5 Å². The van der Waals surface area contributed by atoms with E-state index in [1.165, 1.54) is 0 Å². The molecule has 0 bridgehead atoms. The van der Waals surface area contributed by atoms with Crippen LogP contribution in [-0.4, -0.2) is 37.2 Å². The molecule has 0 radical (unpaired) electrons. The van der Waals surface area contributed by atoms with Gasteiger partial charge in [0.25, 0.3) is 0 Å². The van der Waals surface area contributed by atoms with Gasteiger partial charge >= 0.3 is 6.03 Å². The molecule has 1 aliphatic heterocycles. The molecule has 2 amide bonds. The maximum Gasteiger partial charge on any atom is 0.321 e. The number of benzene rings is 1. The predicted molar refractivity (Wildman–Crippen MR) is 79.5 cm³/mol. The molecule has 19 heavy (non-hydrogen) atoms. The minimum Gasteiger partial charge on any atom is -0.376 e. The van der Waals surface area contributed by atoms with Crippen LogP contribution in [0.3, 0.4) is 0 Å². The first-order chi connectivity index (χ1) is 9.06. The fraction of sp³-hybridized carbons (Fsp3) is 0.500. The van der Waals surface area contributed by atoms with Gasteiger partial charge in [-0.1, -0.05) is 6.07 Å². The number of nitrogens with one attached hydrogen (secondary N) is 1. The lowest BCUT2D eigenvalue weighted by molar-refractivity contribution is 0.0894. The number of urea groups is 1. The van der Waals surface area contributed by atoms with E-state index >= 15 is 0 Å². The second kappa shape index (κ2) is 6.39. The molecule has 1 heterocycles. The van der Waals surface area contributed by atoms with Gasteiger partial charge in [-0.3, -0.25) is 0 Å². The Morgan fingerprint density at radius 2 is 2.37 bits per heavy atom. The van der Waals surface area contributed by atoms with Crippen molar-refractivity contribution >= 4 is 27.6 Å². The minimum atomic E-state index is -0.111. The molecule has 5 heteroatoms. The van der Waals surface area contributed by atoms with Crippen molar-refractivity contribution in [2.24, 2.45) is 0 Å². The highest BCUT2D eigenvalue weighted by molar-refractivity contribution is 9.10. The monoisotopic (exact) mass is 326 g/mol. The molecule has 1 aromatic rings. The van der Waals surface area contributed by atoms with Gasteiger partial charge < -0.3 is 15.0 Å². The van der Waals surface area contributed by atoms with Crippen LogP contribution in [0.25, 0.3) is 0 Å². The summed E-state index contributed by atoms with van der Waals surface area (Å²) in [7, 11) is 1.79. The van der Waals surface area contributed by atoms with E-state index in [0.29, 0.717) is 6.54 Å². The third-order valence-electron chi connectivity index (χ3n) is 3.21. The van der Waals surface area contributed by atoms with Crippen LogP contribution >= 0.6 is 15.9 Å². The Kier molecular flexibility index (Phi) is 4.82. The topological polar surface area (TPSA) is 41.6 Å². The molecule has 0 unspecified atom stereocenters. The first-order valence-electron chi connectivity index (χ1n) is 6.46. The van der Waals surface area contributed by atoms with Crippen molar-refractivity contribution in [3.63, 3.8) is 0 Å². The Morgan fingerprint density at radius 3 is 3.00 bits per heavy atom. The highest BCUT2D eigenvalue weighted by Crippen LogP contribution is 2.23. The van der Waals surface area contributed by atoms with E-state index in [9.17, 15) is 4.79 Å². The van der Waals surface area contributed by atoms with Gasteiger partial charge in [0.1, 0.15) is 0 Å². The maximum absolute atomic E-state index is 12.1. The predicted octanol–water partition coefficient (Wildman–Crippen LogP) is 3.40. The number of ether oxygens (including phenoxy) is 1. The Balaban J connectivity index is 1.92. The van der Waals surface area contributed by atoms with Gasteiger partial charge in [-0.25, -0.2) is 4.79 Å². The van der Waals surface area contributed by atoms with E-state index in [-0.39, 0.29) is 12.1 Å². The van der Waals surface area contributed by atoms with Crippen LogP contribution in [0.1, 0.15) is 18.4 Å². The molecule has 2 rings (SSSR count). The van der Waals surface area contributed by atoms with E-state index in [1.54, 1.807) is 11.9 Å². The highest BCUT2D eigenvalue weighted by atomic mass is 79.9. The fourth-order valence-corrected chi connectivity index (χ4v) is 2.70. The van der Waals surface area contributed by atoms with Crippen molar-refractivity contribution in [2.45, 2.75) is 25.9 Å². The van der Waals surface area contributed by atoms with E-state index in [4.69, 9.17) is 4.74 Å². The molecular formula is C14H19BrN2O2. The summed E-state index contributed by atoms with van der Waals surface area (Å²) in [6, 6.07) is 5.74. The van der Waals surface area contributed by atoms with Crippen LogP contribution in [0, 0.1) is 6.92 Å². The Labute approximate surface area is 122 Å². The van der Waals surface area contributed by atoms with Crippen LogP contribution in [0.15, 0.2) is 22.7 Å². The van der Waals surface area contributed by atoms with Crippen LogP contribution in [-0.2, 0) is 4.74 Å². The molecule has 1 saturated heterocycles. The molecule has 0 aromatic heterocycles. The highest BCUT2D eigenvalue weighted by Gasteiger charge is 2.20. The molecular weight excluding hydrogens is 308 g/mol. The molecule has 104 valence electrons. The number of hydrogen-bond donors (Lipinski definition) is 1. The van der Waals surface area contributed by atoms with Gasteiger partial charge in [0.15, 0.2) is 0 Å². The summed E-state index contributed by atoms with van der Waals surface area (Å²) in [4.78, 5) is 13.7. The summed E-state index contributed by atoms with van der Waals surface area (Å²) in [6.45, 7) is 3.46. The van der Waals surface area contributed by atoms with Crippen molar-refractivity contribution < 1.29 is 9.53 Å². The summed E-state index contributed by atoms with van der Waals surface area (Å²) in [5.74, 6) is 0. The molecule has 1 fully saturated rings. The first-order valence-corrected chi connectivity index (χ1v) is 7.25. The maximum atomic E-state index is 12.1. The Bertz CT molecular complexity index is 459. The number of anilines is 1. The normalized spacial score (nSPS) is 18.4. The standard InChI is InChI=1S/C14H19BrN2O2/c1-10-5-6-13(12(15)8-10)16-14(18)17(2)9-11-4-3-7-19-11/h5-6,8,11H,3-4,7,9H2,1-2H3,(H,16,18)/t11-/m0/s1. The van der Waals surface area contributed by atoms with Crippen molar-refractivity contribution in [3.05, 3.63) is 28.2 Å². The fourth-order valence-electron chi connectivity index (χ4n) is 2.11.